The summed E-state index contributed by atoms with van der Waals surface area (Å²) in [5, 5.41) is 4.22. The molecule has 3 rings (SSSR count). The third-order valence-electron chi connectivity index (χ3n) is 5.05. The molecule has 9 heteroatoms. The lowest BCUT2D eigenvalue weighted by molar-refractivity contribution is -0.127. The summed E-state index contributed by atoms with van der Waals surface area (Å²) in [6, 6.07) is 7.91. The minimum absolute atomic E-state index is 0.00267. The van der Waals surface area contributed by atoms with Gasteiger partial charge >= 0.3 is 0 Å². The number of nitrogens with zero attached hydrogens (tertiary/aromatic N) is 5. The summed E-state index contributed by atoms with van der Waals surface area (Å²) in [5.74, 6) is -0.342. The number of benzene rings is 1. The molecular weight excluding hydrogens is 399 g/mol. The largest absolute Gasteiger partial charge is 0.364 e. The van der Waals surface area contributed by atoms with Gasteiger partial charge in [0.25, 0.3) is 5.91 Å². The molecule has 8 nitrogen and oxygen atoms in total. The Bertz CT molecular complexity index is 1110. The average molecular weight is 424 g/mol. The number of hydrogen-bond acceptors (Lipinski definition) is 5. The molecule has 3 aromatic rings. The predicted octanol–water partition coefficient (Wildman–Crippen LogP) is 2.68. The van der Waals surface area contributed by atoms with Crippen molar-refractivity contribution in [1.29, 1.82) is 0 Å². The van der Waals surface area contributed by atoms with Crippen LogP contribution in [0, 0.1) is 12.7 Å². The molecule has 0 fully saturated rings. The second-order valence-corrected chi connectivity index (χ2v) is 7.39. The lowest BCUT2D eigenvalue weighted by atomic mass is 10.0. The molecule has 2 aromatic heterocycles. The highest BCUT2D eigenvalue weighted by Crippen LogP contribution is 2.22. The van der Waals surface area contributed by atoms with Gasteiger partial charge in [-0.1, -0.05) is 0 Å². The molecule has 31 heavy (non-hydrogen) atoms. The number of carbonyl (C=O) groups is 2. The van der Waals surface area contributed by atoms with Crippen LogP contribution in [0.3, 0.4) is 0 Å². The number of aromatic nitrogens is 4. The number of halogens is 1. The van der Waals surface area contributed by atoms with Gasteiger partial charge in [0, 0.05) is 44.0 Å². The minimum Gasteiger partial charge on any atom is -0.364 e. The van der Waals surface area contributed by atoms with Crippen molar-refractivity contribution >= 4 is 11.8 Å². The number of nitrogens with two attached hydrogens (primary N) is 1. The zero-order valence-corrected chi connectivity index (χ0v) is 17.8. The Morgan fingerprint density at radius 1 is 1.16 bits per heavy atom. The molecule has 162 valence electrons. The van der Waals surface area contributed by atoms with E-state index in [-0.39, 0.29) is 23.2 Å². The molecule has 0 atom stereocenters. The standard InChI is InChI=1S/C22H25FN6O2/c1-14-9-10-25-29(14)20-13-19(21(24)31)26-22(27-20)17-7-8-18(23)16(12-17)6-4-5-11-28(3)15(2)30/h7-10,12-13H,4-6,11H2,1-3H3,(H2,24,31). The predicted molar refractivity (Wildman–Crippen MR) is 114 cm³/mol. The molecule has 0 radical (unpaired) electrons. The van der Waals surface area contributed by atoms with Gasteiger partial charge in [0.05, 0.1) is 0 Å². The summed E-state index contributed by atoms with van der Waals surface area (Å²) in [4.78, 5) is 33.5. The van der Waals surface area contributed by atoms with E-state index in [2.05, 4.69) is 15.1 Å². The van der Waals surface area contributed by atoms with Crippen LogP contribution in [0.15, 0.2) is 36.5 Å². The van der Waals surface area contributed by atoms with Crippen LogP contribution in [0.1, 0.15) is 41.5 Å². The Labute approximate surface area is 179 Å². The maximum absolute atomic E-state index is 14.4. The van der Waals surface area contributed by atoms with Crippen LogP contribution in [0.2, 0.25) is 0 Å². The van der Waals surface area contributed by atoms with E-state index >= 15 is 0 Å². The van der Waals surface area contributed by atoms with Crippen LogP contribution >= 0.6 is 0 Å². The Hall–Kier alpha value is -3.62. The summed E-state index contributed by atoms with van der Waals surface area (Å²) in [6.45, 7) is 3.99. The number of aryl methyl sites for hydroxylation is 2. The average Bonchev–Trinajstić information content (AvgIpc) is 3.17. The first-order valence-corrected chi connectivity index (χ1v) is 9.96. The lowest BCUT2D eigenvalue weighted by Crippen LogP contribution is -2.24. The molecule has 0 spiro atoms. The summed E-state index contributed by atoms with van der Waals surface area (Å²) >= 11 is 0. The van der Waals surface area contributed by atoms with Crippen molar-refractivity contribution in [3.05, 3.63) is 59.3 Å². The highest BCUT2D eigenvalue weighted by Gasteiger charge is 2.15. The number of unbranched alkanes of at least 4 members (excludes halogenated alkanes) is 1. The van der Waals surface area contributed by atoms with Crippen LogP contribution in [-0.4, -0.2) is 50.1 Å². The van der Waals surface area contributed by atoms with E-state index in [1.54, 1.807) is 35.0 Å². The lowest BCUT2D eigenvalue weighted by Gasteiger charge is -2.14. The van der Waals surface area contributed by atoms with Gasteiger partial charge in [0.1, 0.15) is 11.5 Å². The fourth-order valence-corrected chi connectivity index (χ4v) is 3.13. The first kappa shape index (κ1) is 22.1. The van der Waals surface area contributed by atoms with Gasteiger partial charge in [-0.05, 0) is 56.0 Å². The topological polar surface area (TPSA) is 107 Å². The second-order valence-electron chi connectivity index (χ2n) is 7.39. The van der Waals surface area contributed by atoms with Crippen LogP contribution in [0.25, 0.3) is 17.2 Å². The van der Waals surface area contributed by atoms with Crippen molar-refractivity contribution in [1.82, 2.24) is 24.6 Å². The Kier molecular flexibility index (Phi) is 6.74. The van der Waals surface area contributed by atoms with E-state index in [4.69, 9.17) is 5.73 Å². The Balaban J connectivity index is 1.88. The van der Waals surface area contributed by atoms with Crippen LogP contribution in [0.4, 0.5) is 4.39 Å². The number of amides is 2. The molecule has 1 aromatic carbocycles. The Morgan fingerprint density at radius 3 is 2.58 bits per heavy atom. The third kappa shape index (κ3) is 5.30. The zero-order chi connectivity index (χ0) is 22.5. The van der Waals surface area contributed by atoms with Crippen LogP contribution in [-0.2, 0) is 11.2 Å². The van der Waals surface area contributed by atoms with Gasteiger partial charge < -0.3 is 10.6 Å². The molecule has 0 unspecified atom stereocenters. The van der Waals surface area contributed by atoms with Crippen molar-refractivity contribution in [2.24, 2.45) is 5.73 Å². The molecule has 0 aliphatic heterocycles. The van der Waals surface area contributed by atoms with Crippen molar-refractivity contribution in [3.8, 4) is 17.2 Å². The molecule has 2 amide bonds. The van der Waals surface area contributed by atoms with Crippen molar-refractivity contribution in [3.63, 3.8) is 0 Å². The van der Waals surface area contributed by atoms with Gasteiger partial charge in [-0.2, -0.15) is 5.10 Å². The van der Waals surface area contributed by atoms with E-state index in [1.165, 1.54) is 19.1 Å². The smallest absolute Gasteiger partial charge is 0.267 e. The fourth-order valence-electron chi connectivity index (χ4n) is 3.13. The van der Waals surface area contributed by atoms with E-state index in [0.29, 0.717) is 29.9 Å². The monoisotopic (exact) mass is 424 g/mol. The van der Waals surface area contributed by atoms with Gasteiger partial charge in [0.2, 0.25) is 5.91 Å². The molecule has 0 aliphatic carbocycles. The normalized spacial score (nSPS) is 10.8. The molecule has 0 aliphatic rings. The summed E-state index contributed by atoms with van der Waals surface area (Å²) in [5.41, 5.74) is 7.43. The van der Waals surface area contributed by atoms with Gasteiger partial charge in [-0.3, -0.25) is 9.59 Å². The van der Waals surface area contributed by atoms with Crippen molar-refractivity contribution < 1.29 is 14.0 Å². The summed E-state index contributed by atoms with van der Waals surface area (Å²) in [7, 11) is 1.74. The van der Waals surface area contributed by atoms with Gasteiger partial charge in [0.15, 0.2) is 11.6 Å². The molecule has 0 saturated heterocycles. The first-order chi connectivity index (χ1) is 14.8. The number of primary amides is 1. The van der Waals surface area contributed by atoms with Crippen molar-refractivity contribution in [2.45, 2.75) is 33.1 Å². The number of carbonyl (C=O) groups excluding carboxylic acids is 2. The van der Waals surface area contributed by atoms with Crippen molar-refractivity contribution in [2.75, 3.05) is 13.6 Å². The Morgan fingerprint density at radius 2 is 1.94 bits per heavy atom. The third-order valence-corrected chi connectivity index (χ3v) is 5.05. The van der Waals surface area contributed by atoms with Crippen LogP contribution in [0.5, 0.6) is 0 Å². The highest BCUT2D eigenvalue weighted by atomic mass is 19.1. The van der Waals surface area contributed by atoms with Gasteiger partial charge in [-0.25, -0.2) is 19.0 Å². The van der Waals surface area contributed by atoms with E-state index in [9.17, 15) is 14.0 Å². The molecule has 0 bridgehead atoms. The van der Waals surface area contributed by atoms with Gasteiger partial charge in [-0.15, -0.1) is 0 Å². The number of hydrogen-bond donors (Lipinski definition) is 1. The second kappa shape index (κ2) is 9.46. The first-order valence-electron chi connectivity index (χ1n) is 9.96. The summed E-state index contributed by atoms with van der Waals surface area (Å²) in [6.07, 6.45) is 3.61. The van der Waals surface area contributed by atoms with E-state index in [0.717, 1.165) is 18.5 Å². The molecule has 2 N–H and O–H groups in total. The van der Waals surface area contributed by atoms with E-state index in [1.807, 2.05) is 13.0 Å². The van der Waals surface area contributed by atoms with Crippen LogP contribution < -0.4 is 5.73 Å². The van der Waals surface area contributed by atoms with E-state index < -0.39 is 5.91 Å². The number of rotatable bonds is 8. The highest BCUT2D eigenvalue weighted by molar-refractivity contribution is 5.91. The summed E-state index contributed by atoms with van der Waals surface area (Å²) < 4.78 is 15.9. The maximum Gasteiger partial charge on any atom is 0.267 e. The molecule has 0 saturated carbocycles. The SMILES string of the molecule is CC(=O)N(C)CCCCc1cc(-c2nc(C(N)=O)cc(-n3nccc3C)n2)ccc1F. The molecular formula is C22H25FN6O2. The minimum atomic E-state index is -0.688. The quantitative estimate of drug-likeness (QED) is 0.560. The maximum atomic E-state index is 14.4. The molecule has 2 heterocycles. The fraction of sp³-hybridized carbons (Fsp3) is 0.318. The zero-order valence-electron chi connectivity index (χ0n) is 17.8.